The van der Waals surface area contributed by atoms with E-state index in [9.17, 15) is 0 Å². The first kappa shape index (κ1) is 14.1. The van der Waals surface area contributed by atoms with Gasteiger partial charge in [-0.1, -0.05) is 36.8 Å². The summed E-state index contributed by atoms with van der Waals surface area (Å²) in [5, 5.41) is 3.48. The fourth-order valence-electron chi connectivity index (χ4n) is 2.84. The molecule has 1 aliphatic rings. The van der Waals surface area contributed by atoms with Crippen LogP contribution in [0.25, 0.3) is 0 Å². The second-order valence-electron chi connectivity index (χ2n) is 5.86. The van der Waals surface area contributed by atoms with Crippen LogP contribution in [0.5, 0.6) is 0 Å². The quantitative estimate of drug-likeness (QED) is 0.908. The van der Waals surface area contributed by atoms with Crippen molar-refractivity contribution in [2.24, 2.45) is 0 Å². The van der Waals surface area contributed by atoms with E-state index in [2.05, 4.69) is 43.4 Å². The van der Waals surface area contributed by atoms with Gasteiger partial charge in [0.15, 0.2) is 0 Å². The van der Waals surface area contributed by atoms with Gasteiger partial charge in [-0.3, -0.25) is 0 Å². The lowest BCUT2D eigenvalue weighted by atomic mass is 10.1. The van der Waals surface area contributed by atoms with Crippen molar-refractivity contribution in [2.45, 2.75) is 46.0 Å². The van der Waals surface area contributed by atoms with E-state index in [1.54, 1.807) is 0 Å². The van der Waals surface area contributed by atoms with Crippen LogP contribution < -0.4 is 5.32 Å². The number of rotatable bonds is 5. The molecule has 0 bridgehead atoms. The Hall–Kier alpha value is -1.90. The van der Waals surface area contributed by atoms with E-state index >= 15 is 0 Å². The summed E-state index contributed by atoms with van der Waals surface area (Å²) in [5.74, 6) is 2.01. The lowest BCUT2D eigenvalue weighted by Gasteiger charge is -2.11. The zero-order valence-electron chi connectivity index (χ0n) is 12.9. The van der Waals surface area contributed by atoms with E-state index in [1.807, 2.05) is 0 Å². The molecule has 0 radical (unpaired) electrons. The van der Waals surface area contributed by atoms with Crippen LogP contribution in [-0.2, 0) is 19.3 Å². The Labute approximate surface area is 126 Å². The van der Waals surface area contributed by atoms with Crippen molar-refractivity contribution in [1.82, 2.24) is 9.97 Å². The first-order valence-corrected chi connectivity index (χ1v) is 7.94. The number of anilines is 1. The summed E-state index contributed by atoms with van der Waals surface area (Å²) in [7, 11) is 0. The lowest BCUT2D eigenvalue weighted by molar-refractivity contribution is 0.884. The third kappa shape index (κ3) is 3.23. The molecule has 1 N–H and O–H groups in total. The van der Waals surface area contributed by atoms with Gasteiger partial charge in [0.05, 0.1) is 0 Å². The molecule has 3 nitrogen and oxygen atoms in total. The molecule has 0 spiro atoms. The largest absolute Gasteiger partial charge is 0.370 e. The van der Waals surface area contributed by atoms with Gasteiger partial charge in [-0.25, -0.2) is 9.97 Å². The molecule has 0 unspecified atom stereocenters. The Morgan fingerprint density at radius 2 is 1.90 bits per heavy atom. The molecule has 0 aliphatic heterocycles. The van der Waals surface area contributed by atoms with Gasteiger partial charge in [-0.05, 0) is 38.2 Å². The van der Waals surface area contributed by atoms with Crippen LogP contribution in [-0.4, -0.2) is 16.5 Å². The van der Waals surface area contributed by atoms with E-state index in [-0.39, 0.29) is 0 Å². The van der Waals surface area contributed by atoms with E-state index in [1.165, 1.54) is 28.8 Å². The predicted octanol–water partition coefficient (Wildman–Crippen LogP) is 3.69. The maximum Gasteiger partial charge on any atom is 0.135 e. The zero-order valence-corrected chi connectivity index (χ0v) is 12.9. The molecule has 1 aromatic heterocycles. The molecule has 110 valence electrons. The number of hydrogen-bond donors (Lipinski definition) is 1. The average molecular weight is 281 g/mol. The van der Waals surface area contributed by atoms with Gasteiger partial charge in [0.25, 0.3) is 0 Å². The maximum absolute atomic E-state index is 4.79. The minimum Gasteiger partial charge on any atom is -0.370 e. The number of nitrogens with one attached hydrogen (secondary N) is 1. The number of aryl methyl sites for hydroxylation is 2. The molecular weight excluding hydrogens is 258 g/mol. The van der Waals surface area contributed by atoms with Gasteiger partial charge >= 0.3 is 0 Å². The Bertz CT molecular complexity index is 617. The number of fused-ring (bicyclic) bond motifs is 1. The molecule has 0 fully saturated rings. The predicted molar refractivity (Wildman–Crippen MR) is 86.8 cm³/mol. The molecule has 0 saturated carbocycles. The molecule has 1 aliphatic carbocycles. The molecule has 3 rings (SSSR count). The first-order valence-electron chi connectivity index (χ1n) is 7.94. The van der Waals surface area contributed by atoms with Gasteiger partial charge in [-0.2, -0.15) is 0 Å². The van der Waals surface area contributed by atoms with Crippen LogP contribution >= 0.6 is 0 Å². The van der Waals surface area contributed by atoms with E-state index in [0.29, 0.717) is 0 Å². The van der Waals surface area contributed by atoms with E-state index in [0.717, 1.165) is 43.9 Å². The Balaban J connectivity index is 1.86. The summed E-state index contributed by atoms with van der Waals surface area (Å²) in [6.07, 6.45) is 5.35. The van der Waals surface area contributed by atoms with Crippen LogP contribution in [0, 0.1) is 6.92 Å². The second kappa shape index (κ2) is 6.25. The van der Waals surface area contributed by atoms with E-state index < -0.39 is 0 Å². The van der Waals surface area contributed by atoms with Crippen molar-refractivity contribution >= 4 is 5.82 Å². The summed E-state index contributed by atoms with van der Waals surface area (Å²) in [6.45, 7) is 5.28. The highest BCUT2D eigenvalue weighted by Crippen LogP contribution is 2.26. The standard InChI is InChI=1S/C18H23N3/c1-3-11-19-18-15-5-4-6-16(15)20-17(21-18)12-14-9-7-13(2)8-10-14/h7-10H,3-6,11-12H2,1-2H3,(H,19,20,21). The summed E-state index contributed by atoms with van der Waals surface area (Å²) in [5.41, 5.74) is 5.17. The monoisotopic (exact) mass is 281 g/mol. The molecule has 0 amide bonds. The molecular formula is C18H23N3. The zero-order chi connectivity index (χ0) is 14.7. The molecule has 0 saturated heterocycles. The van der Waals surface area contributed by atoms with Gasteiger partial charge < -0.3 is 5.32 Å². The maximum atomic E-state index is 4.79. The van der Waals surface area contributed by atoms with Gasteiger partial charge in [-0.15, -0.1) is 0 Å². The third-order valence-corrected chi connectivity index (χ3v) is 4.00. The first-order chi connectivity index (χ1) is 10.3. The van der Waals surface area contributed by atoms with Gasteiger partial charge in [0.2, 0.25) is 0 Å². The van der Waals surface area contributed by atoms with Crippen molar-refractivity contribution in [3.05, 3.63) is 52.5 Å². The number of nitrogens with zero attached hydrogens (tertiary/aromatic N) is 2. The Kier molecular flexibility index (Phi) is 4.18. The van der Waals surface area contributed by atoms with Crippen molar-refractivity contribution in [3.63, 3.8) is 0 Å². The van der Waals surface area contributed by atoms with Crippen molar-refractivity contribution < 1.29 is 0 Å². The summed E-state index contributed by atoms with van der Waals surface area (Å²) >= 11 is 0. The minimum atomic E-state index is 0.814. The van der Waals surface area contributed by atoms with E-state index in [4.69, 9.17) is 9.97 Å². The second-order valence-corrected chi connectivity index (χ2v) is 5.86. The average Bonchev–Trinajstić information content (AvgIpc) is 2.95. The Morgan fingerprint density at radius 3 is 2.67 bits per heavy atom. The summed E-state index contributed by atoms with van der Waals surface area (Å²) in [6, 6.07) is 8.65. The third-order valence-electron chi connectivity index (χ3n) is 4.00. The molecule has 3 heteroatoms. The van der Waals surface area contributed by atoms with Crippen LogP contribution in [0.4, 0.5) is 5.82 Å². The number of aromatic nitrogens is 2. The van der Waals surface area contributed by atoms with Crippen molar-refractivity contribution in [3.8, 4) is 0 Å². The van der Waals surface area contributed by atoms with Crippen molar-refractivity contribution in [1.29, 1.82) is 0 Å². The number of hydrogen-bond acceptors (Lipinski definition) is 3. The SMILES string of the molecule is CCCNc1nc(Cc2ccc(C)cc2)nc2c1CCC2. The smallest absolute Gasteiger partial charge is 0.135 e. The van der Waals surface area contributed by atoms with Crippen LogP contribution in [0.3, 0.4) is 0 Å². The fourth-order valence-corrected chi connectivity index (χ4v) is 2.84. The molecule has 21 heavy (non-hydrogen) atoms. The molecule has 0 atom stereocenters. The summed E-state index contributed by atoms with van der Waals surface area (Å²) in [4.78, 5) is 9.57. The number of benzene rings is 1. The highest BCUT2D eigenvalue weighted by Gasteiger charge is 2.19. The fraction of sp³-hybridized carbons (Fsp3) is 0.444. The highest BCUT2D eigenvalue weighted by molar-refractivity contribution is 5.49. The van der Waals surface area contributed by atoms with Crippen molar-refractivity contribution in [2.75, 3.05) is 11.9 Å². The minimum absolute atomic E-state index is 0.814. The van der Waals surface area contributed by atoms with Gasteiger partial charge in [0.1, 0.15) is 11.6 Å². The topological polar surface area (TPSA) is 37.8 Å². The highest BCUT2D eigenvalue weighted by atomic mass is 15.0. The molecule has 2 aromatic rings. The van der Waals surface area contributed by atoms with Gasteiger partial charge in [0, 0.05) is 24.2 Å². The lowest BCUT2D eigenvalue weighted by Crippen LogP contribution is -2.10. The molecule has 1 aromatic carbocycles. The normalized spacial score (nSPS) is 13.2. The Morgan fingerprint density at radius 1 is 1.10 bits per heavy atom. The summed E-state index contributed by atoms with van der Waals surface area (Å²) < 4.78 is 0. The molecule has 1 heterocycles. The van der Waals surface area contributed by atoms with Crippen LogP contribution in [0.15, 0.2) is 24.3 Å². The van der Waals surface area contributed by atoms with Crippen LogP contribution in [0.1, 0.15) is 48.0 Å². The van der Waals surface area contributed by atoms with Crippen LogP contribution in [0.2, 0.25) is 0 Å².